The molecule has 3 aromatic rings. The number of rotatable bonds is 9. The van der Waals surface area contributed by atoms with Crippen LogP contribution in [0.15, 0.2) is 29.6 Å². The molecular weight excluding hydrogens is 562 g/mol. The van der Waals surface area contributed by atoms with Crippen molar-refractivity contribution in [1.29, 1.82) is 0 Å². The number of nitrogens with zero attached hydrogens (tertiary/aromatic N) is 5. The van der Waals surface area contributed by atoms with Gasteiger partial charge in [-0.15, -0.1) is 0 Å². The van der Waals surface area contributed by atoms with Crippen molar-refractivity contribution in [2.24, 2.45) is 7.05 Å². The minimum atomic E-state index is -3.63. The predicted octanol–water partition coefficient (Wildman–Crippen LogP) is 5.97. The van der Waals surface area contributed by atoms with Gasteiger partial charge in [0.15, 0.2) is 5.82 Å². The van der Waals surface area contributed by atoms with Crippen LogP contribution < -0.4 is 15.4 Å². The topological polar surface area (TPSA) is 114 Å². The number of hydrogen-bond acceptors (Lipinski definition) is 9. The maximum Gasteiger partial charge on any atom is 0.229 e. The van der Waals surface area contributed by atoms with Gasteiger partial charge in [0.05, 0.1) is 28.9 Å². The summed E-state index contributed by atoms with van der Waals surface area (Å²) in [4.78, 5) is 11.4. The zero-order chi connectivity index (χ0) is 29.6. The number of halogens is 1. The van der Waals surface area contributed by atoms with E-state index in [1.807, 2.05) is 0 Å². The van der Waals surface area contributed by atoms with E-state index in [4.69, 9.17) is 16.3 Å². The lowest BCUT2D eigenvalue weighted by molar-refractivity contribution is 0.122. The molecule has 0 amide bonds. The number of aryl methyl sites for hydroxylation is 2. The molecule has 2 unspecified atom stereocenters. The van der Waals surface area contributed by atoms with Gasteiger partial charge in [-0.05, 0) is 96.5 Å². The Kier molecular flexibility index (Phi) is 8.24. The highest BCUT2D eigenvalue weighted by Gasteiger charge is 2.32. The van der Waals surface area contributed by atoms with Crippen LogP contribution in [-0.2, 0) is 16.9 Å². The second-order valence-corrected chi connectivity index (χ2v) is 14.6. The third kappa shape index (κ3) is 6.32. The number of piperidine rings is 1. The third-order valence-electron chi connectivity index (χ3n) is 8.20. The highest BCUT2D eigenvalue weighted by atomic mass is 35.5. The Bertz CT molecular complexity index is 1530. The lowest BCUT2D eigenvalue weighted by Gasteiger charge is -2.41. The maximum absolute atomic E-state index is 12.9. The number of benzene rings is 1. The van der Waals surface area contributed by atoms with Crippen LogP contribution >= 0.6 is 11.6 Å². The summed E-state index contributed by atoms with van der Waals surface area (Å²) in [5.41, 5.74) is 3.60. The largest absolute Gasteiger partial charge is 0.488 e. The smallest absolute Gasteiger partial charge is 0.229 e. The van der Waals surface area contributed by atoms with Crippen LogP contribution in [0, 0.1) is 6.92 Å². The number of anilines is 4. The van der Waals surface area contributed by atoms with Crippen LogP contribution in [0.5, 0.6) is 5.75 Å². The van der Waals surface area contributed by atoms with Crippen LogP contribution in [0.4, 0.5) is 23.1 Å². The molecule has 0 bridgehead atoms. The number of ether oxygens (including phenoxy) is 1. The Morgan fingerprint density at radius 1 is 1.07 bits per heavy atom. The molecule has 2 aromatic heterocycles. The Morgan fingerprint density at radius 3 is 2.39 bits per heavy atom. The molecule has 41 heavy (non-hydrogen) atoms. The molecule has 10 nitrogen and oxygen atoms in total. The molecule has 5 rings (SSSR count). The van der Waals surface area contributed by atoms with Gasteiger partial charge in [0, 0.05) is 25.3 Å². The maximum atomic E-state index is 12.9. The first-order valence-corrected chi connectivity index (χ1v) is 16.1. The first-order valence-electron chi connectivity index (χ1n) is 14.2. The van der Waals surface area contributed by atoms with Crippen LogP contribution in [0.2, 0.25) is 5.02 Å². The molecule has 1 saturated carbocycles. The van der Waals surface area contributed by atoms with E-state index in [1.165, 1.54) is 22.0 Å². The van der Waals surface area contributed by atoms with Gasteiger partial charge in [-0.1, -0.05) is 11.6 Å². The van der Waals surface area contributed by atoms with Gasteiger partial charge in [0.2, 0.25) is 20.8 Å². The van der Waals surface area contributed by atoms with E-state index in [0.29, 0.717) is 29.6 Å². The van der Waals surface area contributed by atoms with Crippen molar-refractivity contribution in [1.82, 2.24) is 24.6 Å². The zero-order valence-corrected chi connectivity index (χ0v) is 26.3. The number of sulfone groups is 1. The summed E-state index contributed by atoms with van der Waals surface area (Å²) in [6.07, 6.45) is 7.60. The highest BCUT2D eigenvalue weighted by Crippen LogP contribution is 2.42. The van der Waals surface area contributed by atoms with Gasteiger partial charge in [0.1, 0.15) is 10.8 Å². The molecule has 2 N–H and O–H groups in total. The molecular formula is C29H40ClN7O3S. The van der Waals surface area contributed by atoms with Crippen LogP contribution in [0.25, 0.3) is 0 Å². The van der Waals surface area contributed by atoms with E-state index >= 15 is 0 Å². The van der Waals surface area contributed by atoms with E-state index in [9.17, 15) is 8.42 Å². The second kappa shape index (κ2) is 11.4. The Balaban J connectivity index is 1.44. The van der Waals surface area contributed by atoms with Crippen molar-refractivity contribution in [3.05, 3.63) is 40.7 Å². The van der Waals surface area contributed by atoms with Crippen molar-refractivity contribution in [2.75, 3.05) is 17.7 Å². The van der Waals surface area contributed by atoms with Crippen molar-refractivity contribution in [2.45, 2.75) is 94.7 Å². The van der Waals surface area contributed by atoms with Gasteiger partial charge < -0.3 is 20.3 Å². The minimum absolute atomic E-state index is 0.0527. The predicted molar refractivity (Wildman–Crippen MR) is 163 cm³/mol. The van der Waals surface area contributed by atoms with E-state index in [1.54, 1.807) is 27.1 Å². The first kappa shape index (κ1) is 29.6. The summed E-state index contributed by atoms with van der Waals surface area (Å²) in [5.74, 6) is 1.83. The normalized spacial score (nSPS) is 21.7. The molecule has 12 heteroatoms. The van der Waals surface area contributed by atoms with E-state index in [0.717, 1.165) is 37.1 Å². The van der Waals surface area contributed by atoms with Gasteiger partial charge in [0.25, 0.3) is 0 Å². The molecule has 1 aromatic carbocycles. The van der Waals surface area contributed by atoms with Gasteiger partial charge in [-0.25, -0.2) is 13.4 Å². The molecule has 0 radical (unpaired) electrons. The number of hydrogen-bond donors (Lipinski definition) is 2. The molecule has 1 aliphatic carbocycles. The fraction of sp³-hybridized carbons (Fsp3) is 0.552. The van der Waals surface area contributed by atoms with Gasteiger partial charge >= 0.3 is 0 Å². The summed E-state index contributed by atoms with van der Waals surface area (Å²) < 4.78 is 33.6. The molecule has 2 aliphatic rings. The number of aromatic nitrogens is 4. The minimum Gasteiger partial charge on any atom is -0.488 e. The van der Waals surface area contributed by atoms with Crippen LogP contribution in [-0.4, -0.2) is 63.6 Å². The quantitative estimate of drug-likeness (QED) is 0.306. The average molecular weight is 602 g/mol. The van der Waals surface area contributed by atoms with Crippen molar-refractivity contribution < 1.29 is 13.2 Å². The summed E-state index contributed by atoms with van der Waals surface area (Å²) in [5, 5.41) is 10.1. The lowest BCUT2D eigenvalue weighted by atomic mass is 9.81. The molecule has 0 spiro atoms. The van der Waals surface area contributed by atoms with Crippen molar-refractivity contribution in [3.63, 3.8) is 0 Å². The molecule has 2 fully saturated rings. The number of likely N-dealkylation sites (tertiary alicyclic amines) is 1. The Labute approximate surface area is 247 Å². The lowest BCUT2D eigenvalue weighted by Crippen LogP contribution is -2.43. The van der Waals surface area contributed by atoms with E-state index < -0.39 is 15.1 Å². The summed E-state index contributed by atoms with van der Waals surface area (Å²) in [6.45, 7) is 9.98. The van der Waals surface area contributed by atoms with Gasteiger partial charge in [-0.3, -0.25) is 4.68 Å². The third-order valence-corrected chi connectivity index (χ3v) is 10.6. The van der Waals surface area contributed by atoms with Crippen molar-refractivity contribution >= 4 is 44.6 Å². The summed E-state index contributed by atoms with van der Waals surface area (Å²) in [6, 6.07) is 5.33. The van der Waals surface area contributed by atoms with E-state index in [-0.39, 0.29) is 22.0 Å². The second-order valence-electron chi connectivity index (χ2n) is 11.8. The zero-order valence-electron chi connectivity index (χ0n) is 24.8. The molecule has 1 saturated heterocycles. The SMILES string of the molecule is Cc1cc(Nc2ncc(Cl)c(Nc3cn(C)nc3S(=O)(=O)C(C)C)n2)c(OC2CC2)cc1C1CC(C)N(C)C(C)C1. The monoisotopic (exact) mass is 601 g/mol. The first-order chi connectivity index (χ1) is 19.3. The number of nitrogens with one attached hydrogen (secondary N) is 2. The standard InChI is InChI=1S/C29H40ClN7O3S/c1-16(2)41(38,39)28-25(15-36(6)35-28)32-27-23(30)14-31-29(34-27)33-24-10-17(3)22(13-26(24)40-21-8-9-21)20-11-18(4)37(7)19(5)12-20/h10,13-16,18-21H,8-9,11-12H2,1-7H3,(H2,31,32,33,34). The van der Waals surface area contributed by atoms with Crippen LogP contribution in [0.1, 0.15) is 70.4 Å². The molecule has 1 aliphatic heterocycles. The molecule has 2 atom stereocenters. The van der Waals surface area contributed by atoms with E-state index in [2.05, 4.69) is 70.6 Å². The average Bonchev–Trinajstić information content (AvgIpc) is 3.64. The summed E-state index contributed by atoms with van der Waals surface area (Å²) >= 11 is 6.44. The fourth-order valence-corrected chi connectivity index (χ4v) is 6.63. The molecule has 3 heterocycles. The Hall–Kier alpha value is -2.89. The molecule has 222 valence electrons. The van der Waals surface area contributed by atoms with Crippen LogP contribution in [0.3, 0.4) is 0 Å². The fourth-order valence-electron chi connectivity index (χ4n) is 5.40. The summed E-state index contributed by atoms with van der Waals surface area (Å²) in [7, 11) is 0.241. The highest BCUT2D eigenvalue weighted by molar-refractivity contribution is 7.92. The Morgan fingerprint density at radius 2 is 1.76 bits per heavy atom. The van der Waals surface area contributed by atoms with Gasteiger partial charge in [-0.2, -0.15) is 10.1 Å². The van der Waals surface area contributed by atoms with Crippen molar-refractivity contribution in [3.8, 4) is 5.75 Å².